The second-order valence-electron chi connectivity index (χ2n) is 7.38. The van der Waals surface area contributed by atoms with Crippen molar-refractivity contribution in [3.05, 3.63) is 54.1 Å². The SMILES string of the molecule is O=C(NC1CC1)C(=O)N1CCN(C(=O)/C=C/c2ccc(-c3ccccc3F)o2)CC1. The van der Waals surface area contributed by atoms with Crippen molar-refractivity contribution in [2.45, 2.75) is 18.9 Å². The highest BCUT2D eigenvalue weighted by Crippen LogP contribution is 2.25. The molecular weight excluding hydrogens is 389 g/mol. The Balaban J connectivity index is 1.30. The van der Waals surface area contributed by atoms with Crippen molar-refractivity contribution in [3.8, 4) is 11.3 Å². The highest BCUT2D eigenvalue weighted by molar-refractivity contribution is 6.35. The second-order valence-corrected chi connectivity index (χ2v) is 7.38. The molecule has 1 N–H and O–H groups in total. The molecule has 1 aromatic heterocycles. The fourth-order valence-corrected chi connectivity index (χ4v) is 3.26. The van der Waals surface area contributed by atoms with E-state index in [-0.39, 0.29) is 17.8 Å². The van der Waals surface area contributed by atoms with Gasteiger partial charge in [0.15, 0.2) is 0 Å². The van der Waals surface area contributed by atoms with E-state index >= 15 is 0 Å². The quantitative estimate of drug-likeness (QED) is 0.617. The lowest BCUT2D eigenvalue weighted by Crippen LogP contribution is -2.53. The van der Waals surface area contributed by atoms with Crippen LogP contribution < -0.4 is 5.32 Å². The van der Waals surface area contributed by atoms with Gasteiger partial charge in [-0.3, -0.25) is 14.4 Å². The predicted molar refractivity (Wildman–Crippen MR) is 107 cm³/mol. The van der Waals surface area contributed by atoms with Crippen LogP contribution in [0.5, 0.6) is 0 Å². The largest absolute Gasteiger partial charge is 0.457 e. The van der Waals surface area contributed by atoms with E-state index in [0.29, 0.717) is 43.3 Å². The van der Waals surface area contributed by atoms with Crippen molar-refractivity contribution in [2.75, 3.05) is 26.2 Å². The number of nitrogens with one attached hydrogen (secondary N) is 1. The fourth-order valence-electron chi connectivity index (χ4n) is 3.26. The van der Waals surface area contributed by atoms with Crippen LogP contribution in [0.2, 0.25) is 0 Å². The van der Waals surface area contributed by atoms with Gasteiger partial charge in [-0.25, -0.2) is 4.39 Å². The molecule has 156 valence electrons. The Morgan fingerprint density at radius 3 is 2.40 bits per heavy atom. The predicted octanol–water partition coefficient (Wildman–Crippen LogP) is 2.05. The number of hydrogen-bond acceptors (Lipinski definition) is 4. The van der Waals surface area contributed by atoms with E-state index in [4.69, 9.17) is 4.42 Å². The molecule has 3 amide bonds. The first-order valence-corrected chi connectivity index (χ1v) is 9.93. The number of hydrogen-bond donors (Lipinski definition) is 1. The topological polar surface area (TPSA) is 82.9 Å². The van der Waals surface area contributed by atoms with Crippen molar-refractivity contribution in [1.29, 1.82) is 0 Å². The maximum absolute atomic E-state index is 13.9. The van der Waals surface area contributed by atoms with Crippen LogP contribution in [0, 0.1) is 5.82 Å². The summed E-state index contributed by atoms with van der Waals surface area (Å²) in [6.45, 7) is 1.33. The zero-order valence-corrected chi connectivity index (χ0v) is 16.3. The molecule has 4 rings (SSSR count). The van der Waals surface area contributed by atoms with Gasteiger partial charge < -0.3 is 19.5 Å². The molecule has 8 heteroatoms. The number of halogens is 1. The molecule has 2 heterocycles. The number of amides is 3. The third-order valence-corrected chi connectivity index (χ3v) is 5.14. The Hall–Kier alpha value is -3.42. The van der Waals surface area contributed by atoms with Crippen LogP contribution in [0.4, 0.5) is 4.39 Å². The van der Waals surface area contributed by atoms with Gasteiger partial charge in [0, 0.05) is 38.3 Å². The summed E-state index contributed by atoms with van der Waals surface area (Å²) >= 11 is 0. The first-order valence-electron chi connectivity index (χ1n) is 9.93. The summed E-state index contributed by atoms with van der Waals surface area (Å²) < 4.78 is 19.5. The molecule has 1 aromatic carbocycles. The molecule has 0 radical (unpaired) electrons. The number of piperazine rings is 1. The molecule has 2 aromatic rings. The van der Waals surface area contributed by atoms with Crippen molar-refractivity contribution >= 4 is 23.8 Å². The van der Waals surface area contributed by atoms with Crippen LogP contribution in [0.15, 0.2) is 46.9 Å². The Bertz CT molecular complexity index is 988. The summed E-state index contributed by atoms with van der Waals surface area (Å²) in [4.78, 5) is 39.5. The van der Waals surface area contributed by atoms with Crippen LogP contribution in [-0.2, 0) is 14.4 Å². The Morgan fingerprint density at radius 1 is 1.00 bits per heavy atom. The van der Waals surface area contributed by atoms with E-state index in [1.807, 2.05) is 0 Å². The number of carbonyl (C=O) groups excluding carboxylic acids is 3. The van der Waals surface area contributed by atoms with Crippen molar-refractivity contribution < 1.29 is 23.2 Å². The number of carbonyl (C=O) groups is 3. The van der Waals surface area contributed by atoms with E-state index in [1.165, 1.54) is 23.1 Å². The van der Waals surface area contributed by atoms with Crippen LogP contribution >= 0.6 is 0 Å². The highest BCUT2D eigenvalue weighted by Gasteiger charge is 2.31. The lowest BCUT2D eigenvalue weighted by Gasteiger charge is -2.33. The van der Waals surface area contributed by atoms with Crippen molar-refractivity contribution in [1.82, 2.24) is 15.1 Å². The molecule has 2 fully saturated rings. The molecule has 0 atom stereocenters. The van der Waals surface area contributed by atoms with Gasteiger partial charge in [-0.05, 0) is 43.2 Å². The van der Waals surface area contributed by atoms with Crippen LogP contribution in [0.25, 0.3) is 17.4 Å². The van der Waals surface area contributed by atoms with Crippen molar-refractivity contribution in [3.63, 3.8) is 0 Å². The summed E-state index contributed by atoms with van der Waals surface area (Å²) in [5.74, 6) is -0.879. The average Bonchev–Trinajstić information content (AvgIpc) is 3.45. The summed E-state index contributed by atoms with van der Waals surface area (Å²) in [6.07, 6.45) is 4.77. The normalized spacial score (nSPS) is 16.7. The van der Waals surface area contributed by atoms with E-state index < -0.39 is 11.8 Å². The molecule has 2 aliphatic rings. The summed E-state index contributed by atoms with van der Waals surface area (Å²) in [5.41, 5.74) is 0.356. The zero-order chi connectivity index (χ0) is 21.1. The van der Waals surface area contributed by atoms with Gasteiger partial charge >= 0.3 is 11.8 Å². The minimum atomic E-state index is -0.569. The van der Waals surface area contributed by atoms with Crippen molar-refractivity contribution in [2.24, 2.45) is 0 Å². The van der Waals surface area contributed by atoms with Gasteiger partial charge in [0.05, 0.1) is 5.56 Å². The Kier molecular flexibility index (Phi) is 5.65. The molecule has 1 aliphatic heterocycles. The third kappa shape index (κ3) is 4.59. The highest BCUT2D eigenvalue weighted by atomic mass is 19.1. The standard InChI is InChI=1S/C22H22FN3O4/c23-18-4-2-1-3-17(18)19-9-7-16(30-19)8-10-20(27)25-11-13-26(14-12-25)22(29)21(28)24-15-5-6-15/h1-4,7-10,15H,5-6,11-14H2,(H,24,28)/b10-8+. The first kappa shape index (κ1) is 19.9. The second kappa shape index (κ2) is 8.52. The minimum Gasteiger partial charge on any atom is -0.457 e. The van der Waals surface area contributed by atoms with Crippen LogP contribution in [0.3, 0.4) is 0 Å². The van der Waals surface area contributed by atoms with E-state index in [2.05, 4.69) is 5.32 Å². The van der Waals surface area contributed by atoms with Gasteiger partial charge in [0.2, 0.25) is 5.91 Å². The maximum Gasteiger partial charge on any atom is 0.312 e. The van der Waals surface area contributed by atoms with Gasteiger partial charge in [-0.1, -0.05) is 12.1 Å². The zero-order valence-electron chi connectivity index (χ0n) is 16.3. The van der Waals surface area contributed by atoms with Gasteiger partial charge in [-0.2, -0.15) is 0 Å². The van der Waals surface area contributed by atoms with Crippen LogP contribution in [-0.4, -0.2) is 59.7 Å². The number of furan rings is 1. The van der Waals surface area contributed by atoms with E-state index in [9.17, 15) is 18.8 Å². The van der Waals surface area contributed by atoms with Crippen LogP contribution in [0.1, 0.15) is 18.6 Å². The summed E-state index contributed by atoms with van der Waals surface area (Å²) in [6, 6.07) is 9.76. The Morgan fingerprint density at radius 2 is 1.70 bits per heavy atom. The molecule has 0 spiro atoms. The molecule has 1 saturated carbocycles. The molecule has 0 unspecified atom stereocenters. The average molecular weight is 411 g/mol. The monoisotopic (exact) mass is 411 g/mol. The van der Waals surface area contributed by atoms with Gasteiger partial charge in [-0.15, -0.1) is 0 Å². The summed E-state index contributed by atoms with van der Waals surface area (Å²) in [5, 5.41) is 2.68. The molecule has 0 bridgehead atoms. The summed E-state index contributed by atoms with van der Waals surface area (Å²) in [7, 11) is 0. The first-order chi connectivity index (χ1) is 14.5. The molecule has 30 heavy (non-hydrogen) atoms. The Labute approximate surface area is 173 Å². The number of nitrogens with zero attached hydrogens (tertiary/aromatic N) is 2. The third-order valence-electron chi connectivity index (χ3n) is 5.14. The number of rotatable bonds is 4. The lowest BCUT2D eigenvalue weighted by atomic mass is 10.1. The number of benzene rings is 1. The van der Waals surface area contributed by atoms with E-state index in [1.54, 1.807) is 35.2 Å². The molecule has 7 nitrogen and oxygen atoms in total. The van der Waals surface area contributed by atoms with Gasteiger partial charge in [0.25, 0.3) is 0 Å². The lowest BCUT2D eigenvalue weighted by molar-refractivity contribution is -0.148. The maximum atomic E-state index is 13.9. The smallest absolute Gasteiger partial charge is 0.312 e. The molecule has 1 aliphatic carbocycles. The minimum absolute atomic E-state index is 0.134. The van der Waals surface area contributed by atoms with Gasteiger partial charge in [0.1, 0.15) is 17.3 Å². The molecule has 1 saturated heterocycles. The fraction of sp³-hybridized carbons (Fsp3) is 0.318. The molecular formula is C22H22FN3O4. The van der Waals surface area contributed by atoms with E-state index in [0.717, 1.165) is 12.8 Å².